The van der Waals surface area contributed by atoms with Crippen molar-refractivity contribution in [1.82, 2.24) is 4.98 Å². The molecule has 0 saturated carbocycles. The Morgan fingerprint density at radius 3 is 2.45 bits per heavy atom. The van der Waals surface area contributed by atoms with Gasteiger partial charge < -0.3 is 9.47 Å². The van der Waals surface area contributed by atoms with E-state index in [9.17, 15) is 13.6 Å². The number of carbonyl (C=O) groups is 1. The number of benzene rings is 1. The van der Waals surface area contributed by atoms with Crippen molar-refractivity contribution in [1.29, 1.82) is 0 Å². The third-order valence-corrected chi connectivity index (χ3v) is 2.47. The Morgan fingerprint density at radius 1 is 1.20 bits per heavy atom. The standard InChI is InChI=1S/C14H11F2NO3/c1-19-14(18)9-2-3-12(17-7-9)8-20-13-5-10(15)4-11(16)6-13/h2-7H,8H2,1H3. The van der Waals surface area contributed by atoms with Crippen molar-refractivity contribution >= 4 is 5.97 Å². The lowest BCUT2D eigenvalue weighted by atomic mass is 10.2. The van der Waals surface area contributed by atoms with Gasteiger partial charge in [-0.1, -0.05) is 0 Å². The van der Waals surface area contributed by atoms with Gasteiger partial charge in [-0.25, -0.2) is 13.6 Å². The molecule has 0 unspecified atom stereocenters. The van der Waals surface area contributed by atoms with Gasteiger partial charge in [0, 0.05) is 24.4 Å². The fourth-order valence-electron chi connectivity index (χ4n) is 1.52. The van der Waals surface area contributed by atoms with Crippen LogP contribution < -0.4 is 4.74 Å². The maximum absolute atomic E-state index is 12.9. The summed E-state index contributed by atoms with van der Waals surface area (Å²) in [5, 5.41) is 0. The molecule has 0 spiro atoms. The number of rotatable bonds is 4. The Labute approximate surface area is 114 Å². The molecule has 1 aromatic carbocycles. The minimum atomic E-state index is -0.714. The average Bonchev–Trinajstić information content (AvgIpc) is 2.44. The molecule has 0 bridgehead atoms. The highest BCUT2D eigenvalue weighted by molar-refractivity contribution is 5.88. The SMILES string of the molecule is COC(=O)c1ccc(COc2cc(F)cc(F)c2)nc1. The van der Waals surface area contributed by atoms with Gasteiger partial charge in [0.2, 0.25) is 0 Å². The number of esters is 1. The molecule has 4 nitrogen and oxygen atoms in total. The van der Waals surface area contributed by atoms with Crippen LogP contribution in [0.1, 0.15) is 16.1 Å². The first-order chi connectivity index (χ1) is 9.58. The third-order valence-electron chi connectivity index (χ3n) is 2.47. The van der Waals surface area contributed by atoms with Crippen LogP contribution in [0.5, 0.6) is 5.75 Å². The van der Waals surface area contributed by atoms with Gasteiger partial charge in [0.25, 0.3) is 0 Å². The zero-order valence-corrected chi connectivity index (χ0v) is 10.6. The fraction of sp³-hybridized carbons (Fsp3) is 0.143. The lowest BCUT2D eigenvalue weighted by Crippen LogP contribution is -2.04. The normalized spacial score (nSPS) is 10.2. The van der Waals surface area contributed by atoms with Gasteiger partial charge in [0.05, 0.1) is 18.4 Å². The molecule has 0 saturated heterocycles. The van der Waals surface area contributed by atoms with Gasteiger partial charge in [0.15, 0.2) is 0 Å². The second-order valence-electron chi connectivity index (χ2n) is 3.92. The molecule has 0 radical (unpaired) electrons. The first-order valence-electron chi connectivity index (χ1n) is 5.70. The van der Waals surface area contributed by atoms with Crippen LogP contribution in [0.3, 0.4) is 0 Å². The Morgan fingerprint density at radius 2 is 1.90 bits per heavy atom. The van der Waals surface area contributed by atoms with Crippen LogP contribution in [0.2, 0.25) is 0 Å². The summed E-state index contributed by atoms with van der Waals surface area (Å²) in [4.78, 5) is 15.2. The summed E-state index contributed by atoms with van der Waals surface area (Å²) in [6.07, 6.45) is 1.34. The third kappa shape index (κ3) is 3.50. The zero-order chi connectivity index (χ0) is 14.5. The van der Waals surface area contributed by atoms with Crippen molar-refractivity contribution in [3.05, 3.63) is 59.4 Å². The first-order valence-corrected chi connectivity index (χ1v) is 5.70. The fourth-order valence-corrected chi connectivity index (χ4v) is 1.52. The van der Waals surface area contributed by atoms with Crippen molar-refractivity contribution in [2.75, 3.05) is 7.11 Å². The van der Waals surface area contributed by atoms with Gasteiger partial charge >= 0.3 is 5.97 Å². The van der Waals surface area contributed by atoms with E-state index < -0.39 is 17.6 Å². The van der Waals surface area contributed by atoms with E-state index >= 15 is 0 Å². The van der Waals surface area contributed by atoms with Gasteiger partial charge in [-0.05, 0) is 12.1 Å². The van der Waals surface area contributed by atoms with Crippen LogP contribution in [0.4, 0.5) is 8.78 Å². The van der Waals surface area contributed by atoms with Crippen molar-refractivity contribution in [2.24, 2.45) is 0 Å². The van der Waals surface area contributed by atoms with Gasteiger partial charge in [-0.15, -0.1) is 0 Å². The van der Waals surface area contributed by atoms with Gasteiger partial charge in [-0.3, -0.25) is 4.98 Å². The van der Waals surface area contributed by atoms with Crippen LogP contribution in [-0.2, 0) is 11.3 Å². The minimum Gasteiger partial charge on any atom is -0.487 e. The number of nitrogens with zero attached hydrogens (tertiary/aromatic N) is 1. The molecule has 20 heavy (non-hydrogen) atoms. The maximum Gasteiger partial charge on any atom is 0.339 e. The summed E-state index contributed by atoms with van der Waals surface area (Å²) in [5.41, 5.74) is 0.829. The monoisotopic (exact) mass is 279 g/mol. The van der Waals surface area contributed by atoms with E-state index in [-0.39, 0.29) is 12.4 Å². The summed E-state index contributed by atoms with van der Waals surface area (Å²) in [7, 11) is 1.28. The quantitative estimate of drug-likeness (QED) is 0.807. The molecule has 2 rings (SSSR count). The highest BCUT2D eigenvalue weighted by atomic mass is 19.1. The molecule has 1 heterocycles. The maximum atomic E-state index is 12.9. The Hall–Kier alpha value is -2.50. The first kappa shape index (κ1) is 13.9. The predicted octanol–water partition coefficient (Wildman–Crippen LogP) is 2.73. The van der Waals surface area contributed by atoms with Crippen molar-refractivity contribution in [3.8, 4) is 5.75 Å². The van der Waals surface area contributed by atoms with E-state index in [1.807, 2.05) is 0 Å². The van der Waals surface area contributed by atoms with Crippen LogP contribution >= 0.6 is 0 Å². The number of pyridine rings is 1. The molecule has 2 aromatic rings. The second kappa shape index (κ2) is 6.10. The summed E-state index contributed by atoms with van der Waals surface area (Å²) >= 11 is 0. The lowest BCUT2D eigenvalue weighted by molar-refractivity contribution is 0.0600. The summed E-state index contributed by atoms with van der Waals surface area (Å²) in [6, 6.07) is 6.01. The minimum absolute atomic E-state index is 0.0321. The number of hydrogen-bond donors (Lipinski definition) is 0. The highest BCUT2D eigenvalue weighted by Gasteiger charge is 2.06. The highest BCUT2D eigenvalue weighted by Crippen LogP contribution is 2.16. The number of halogens is 2. The number of aromatic nitrogens is 1. The van der Waals surface area contributed by atoms with Crippen LogP contribution in [0, 0.1) is 11.6 Å². The van der Waals surface area contributed by atoms with Crippen LogP contribution in [0.25, 0.3) is 0 Å². The van der Waals surface area contributed by atoms with E-state index in [4.69, 9.17) is 4.74 Å². The van der Waals surface area contributed by atoms with Crippen molar-refractivity contribution in [2.45, 2.75) is 6.61 Å². The number of ether oxygens (including phenoxy) is 2. The van der Waals surface area contributed by atoms with Gasteiger partial charge in [0.1, 0.15) is 24.0 Å². The summed E-state index contributed by atoms with van der Waals surface area (Å²) in [6.45, 7) is 0.0321. The Bertz CT molecular complexity index is 594. The second-order valence-corrected chi connectivity index (χ2v) is 3.92. The van der Waals surface area contributed by atoms with E-state index in [1.54, 1.807) is 6.07 Å². The average molecular weight is 279 g/mol. The molecule has 0 fully saturated rings. The number of methoxy groups -OCH3 is 1. The van der Waals surface area contributed by atoms with E-state index in [0.717, 1.165) is 18.2 Å². The Kier molecular flexibility index (Phi) is 4.24. The van der Waals surface area contributed by atoms with Crippen LogP contribution in [0.15, 0.2) is 36.5 Å². The predicted molar refractivity (Wildman–Crippen MR) is 66.3 cm³/mol. The van der Waals surface area contributed by atoms with Gasteiger partial charge in [-0.2, -0.15) is 0 Å². The molecule has 0 amide bonds. The van der Waals surface area contributed by atoms with Crippen molar-refractivity contribution in [3.63, 3.8) is 0 Å². The molecule has 104 valence electrons. The van der Waals surface area contributed by atoms with E-state index in [2.05, 4.69) is 9.72 Å². The molecule has 0 aliphatic heterocycles. The topological polar surface area (TPSA) is 48.4 Å². The largest absolute Gasteiger partial charge is 0.487 e. The molecule has 1 aromatic heterocycles. The summed E-state index contributed by atoms with van der Waals surface area (Å²) < 4.78 is 35.7. The molecular weight excluding hydrogens is 268 g/mol. The molecular formula is C14H11F2NO3. The molecule has 0 aliphatic carbocycles. The Balaban J connectivity index is 2.02. The number of hydrogen-bond acceptors (Lipinski definition) is 4. The smallest absolute Gasteiger partial charge is 0.339 e. The lowest BCUT2D eigenvalue weighted by Gasteiger charge is -2.06. The molecule has 0 atom stereocenters. The van der Waals surface area contributed by atoms with E-state index in [1.165, 1.54) is 19.4 Å². The molecule has 0 aliphatic rings. The molecule has 6 heteroatoms. The number of carbonyl (C=O) groups excluding carboxylic acids is 1. The molecule has 0 N–H and O–H groups in total. The van der Waals surface area contributed by atoms with E-state index in [0.29, 0.717) is 11.3 Å². The van der Waals surface area contributed by atoms with Crippen LogP contribution in [-0.4, -0.2) is 18.1 Å². The summed E-state index contributed by atoms with van der Waals surface area (Å²) in [5.74, 6) is -1.85. The zero-order valence-electron chi connectivity index (χ0n) is 10.6. The van der Waals surface area contributed by atoms with Crippen molar-refractivity contribution < 1.29 is 23.0 Å².